The molecule has 1 saturated heterocycles. The lowest BCUT2D eigenvalue weighted by molar-refractivity contribution is -0.297. The van der Waals surface area contributed by atoms with Crippen LogP contribution in [0.15, 0.2) is 60.8 Å². The molecule has 1 fully saturated rings. The lowest BCUT2D eigenvalue weighted by atomic mass is 10.00. The molecule has 1 heterocycles. The molecule has 1 aliphatic rings. The normalized spacial score (nSPS) is 20.4. The van der Waals surface area contributed by atoms with Crippen LogP contribution in [0.1, 0.15) is 181 Å². The Morgan fingerprint density at radius 3 is 1.45 bits per heavy atom. The van der Waals surface area contributed by atoms with Gasteiger partial charge in [0.15, 0.2) is 12.4 Å². The van der Waals surface area contributed by atoms with Gasteiger partial charge in [0.25, 0.3) is 10.1 Å². The Morgan fingerprint density at radius 2 is 1.00 bits per heavy atom. The molecule has 6 unspecified atom stereocenters. The van der Waals surface area contributed by atoms with E-state index in [1.54, 1.807) is 6.08 Å². The third-order valence-electron chi connectivity index (χ3n) is 10.6. The Morgan fingerprint density at radius 1 is 0.565 bits per heavy atom. The molecule has 13 heteroatoms. The maximum absolute atomic E-state index is 12.8. The topological polar surface area (TPSA) is 186 Å². The minimum atomic E-state index is -4.62. The molecular formula is C49H84O12S. The van der Waals surface area contributed by atoms with Gasteiger partial charge in [-0.15, -0.1) is 0 Å². The summed E-state index contributed by atoms with van der Waals surface area (Å²) in [7, 11) is -4.62. The Bertz CT molecular complexity index is 1370. The Hall–Kier alpha value is -2.65. The molecule has 1 rings (SSSR count). The van der Waals surface area contributed by atoms with E-state index >= 15 is 0 Å². The number of aliphatic hydroxyl groups excluding tert-OH is 3. The zero-order valence-corrected chi connectivity index (χ0v) is 39.0. The Kier molecular flexibility index (Phi) is 35.9. The maximum atomic E-state index is 12.8. The summed E-state index contributed by atoms with van der Waals surface area (Å²) in [6, 6.07) is 0. The van der Waals surface area contributed by atoms with E-state index in [9.17, 15) is 37.9 Å². The highest BCUT2D eigenvalue weighted by Gasteiger charge is 2.46. The van der Waals surface area contributed by atoms with Crippen LogP contribution in [0.5, 0.6) is 0 Å². The SMILES string of the molecule is CC/C=C\C/C=C\C/C=C\C/C=C\C/C=C\CC(=O)OC(COC(=O)CCCCCCCCCCCCCCCCCCCCC)COC1OC(CS(=O)(=O)O)C(O)C(O)C1O. The first-order valence-corrected chi connectivity index (χ1v) is 25.5. The summed E-state index contributed by atoms with van der Waals surface area (Å²) < 4.78 is 54.0. The molecule has 0 spiro atoms. The first-order valence-electron chi connectivity index (χ1n) is 23.8. The van der Waals surface area contributed by atoms with Crippen molar-refractivity contribution in [3.63, 3.8) is 0 Å². The smallest absolute Gasteiger partial charge is 0.310 e. The number of hydrogen-bond donors (Lipinski definition) is 4. The van der Waals surface area contributed by atoms with Gasteiger partial charge < -0.3 is 34.3 Å². The molecule has 0 saturated carbocycles. The average molecular weight is 897 g/mol. The number of rotatable bonds is 39. The van der Waals surface area contributed by atoms with Crippen LogP contribution in [0.2, 0.25) is 0 Å². The lowest BCUT2D eigenvalue weighted by Gasteiger charge is -2.40. The van der Waals surface area contributed by atoms with Crippen molar-refractivity contribution in [3.05, 3.63) is 60.8 Å². The second-order valence-electron chi connectivity index (χ2n) is 16.4. The highest BCUT2D eigenvalue weighted by atomic mass is 32.2. The van der Waals surface area contributed by atoms with Gasteiger partial charge in [0.05, 0.1) is 13.0 Å². The van der Waals surface area contributed by atoms with Crippen LogP contribution in [0.3, 0.4) is 0 Å². The van der Waals surface area contributed by atoms with Crippen molar-refractivity contribution in [2.24, 2.45) is 0 Å². The third-order valence-corrected chi connectivity index (χ3v) is 11.4. The number of carbonyl (C=O) groups is 2. The quantitative estimate of drug-likeness (QED) is 0.0198. The minimum absolute atomic E-state index is 0.0682. The van der Waals surface area contributed by atoms with E-state index in [0.29, 0.717) is 12.8 Å². The van der Waals surface area contributed by atoms with Crippen molar-refractivity contribution in [1.29, 1.82) is 0 Å². The monoisotopic (exact) mass is 897 g/mol. The lowest BCUT2D eigenvalue weighted by Crippen LogP contribution is -2.60. The number of esters is 2. The number of hydrogen-bond acceptors (Lipinski definition) is 11. The first-order chi connectivity index (χ1) is 30.0. The van der Waals surface area contributed by atoms with E-state index in [2.05, 4.69) is 50.3 Å². The van der Waals surface area contributed by atoms with Crippen molar-refractivity contribution in [1.82, 2.24) is 0 Å². The summed E-state index contributed by atoms with van der Waals surface area (Å²) >= 11 is 0. The molecule has 0 aromatic heterocycles. The Balaban J connectivity index is 2.45. The molecule has 0 aromatic rings. The molecule has 6 atom stereocenters. The van der Waals surface area contributed by atoms with Crippen LogP contribution >= 0.6 is 0 Å². The van der Waals surface area contributed by atoms with Crippen molar-refractivity contribution in [3.8, 4) is 0 Å². The highest BCUT2D eigenvalue weighted by Crippen LogP contribution is 2.24. The number of allylic oxidation sites excluding steroid dienone is 9. The van der Waals surface area contributed by atoms with Gasteiger partial charge in [-0.3, -0.25) is 14.1 Å². The zero-order chi connectivity index (χ0) is 45.5. The summed E-state index contributed by atoms with van der Waals surface area (Å²) in [5.41, 5.74) is 0. The number of unbranched alkanes of at least 4 members (excludes halogenated alkanes) is 18. The minimum Gasteiger partial charge on any atom is -0.462 e. The molecule has 1 aliphatic heterocycles. The molecule has 0 aromatic carbocycles. The molecule has 0 bridgehead atoms. The van der Waals surface area contributed by atoms with Gasteiger partial charge >= 0.3 is 11.9 Å². The van der Waals surface area contributed by atoms with Crippen LogP contribution < -0.4 is 0 Å². The molecule has 0 aliphatic carbocycles. The largest absolute Gasteiger partial charge is 0.462 e. The molecule has 12 nitrogen and oxygen atoms in total. The van der Waals surface area contributed by atoms with Crippen molar-refractivity contribution in [2.45, 2.75) is 218 Å². The first kappa shape index (κ1) is 57.4. The third kappa shape index (κ3) is 32.9. The summed E-state index contributed by atoms with van der Waals surface area (Å²) in [6.07, 6.45) is 38.7. The van der Waals surface area contributed by atoms with Gasteiger partial charge in [-0.2, -0.15) is 8.42 Å². The van der Waals surface area contributed by atoms with Crippen LogP contribution in [-0.2, 0) is 38.7 Å². The van der Waals surface area contributed by atoms with E-state index in [0.717, 1.165) is 44.9 Å². The van der Waals surface area contributed by atoms with E-state index < -0.39 is 71.2 Å². The average Bonchev–Trinajstić information content (AvgIpc) is 3.24. The second-order valence-corrected chi connectivity index (χ2v) is 17.9. The fraction of sp³-hybridized carbons (Fsp3) is 0.755. The summed E-state index contributed by atoms with van der Waals surface area (Å²) in [4.78, 5) is 25.4. The van der Waals surface area contributed by atoms with Gasteiger partial charge in [0, 0.05) is 6.42 Å². The number of aliphatic hydroxyl groups is 3. The fourth-order valence-corrected chi connectivity index (χ4v) is 7.68. The van der Waals surface area contributed by atoms with E-state index in [4.69, 9.17) is 18.9 Å². The van der Waals surface area contributed by atoms with E-state index in [-0.39, 0.29) is 19.4 Å². The maximum Gasteiger partial charge on any atom is 0.310 e. The Labute approximate surface area is 375 Å². The second kappa shape index (κ2) is 38.8. The van der Waals surface area contributed by atoms with Crippen molar-refractivity contribution < 1.29 is 56.8 Å². The molecule has 4 N–H and O–H groups in total. The summed E-state index contributed by atoms with van der Waals surface area (Å²) in [6.45, 7) is 3.57. The summed E-state index contributed by atoms with van der Waals surface area (Å²) in [5.74, 6) is -2.14. The fourth-order valence-electron chi connectivity index (χ4n) is 6.99. The van der Waals surface area contributed by atoms with Crippen LogP contribution in [0.4, 0.5) is 0 Å². The summed E-state index contributed by atoms with van der Waals surface area (Å²) in [5, 5.41) is 30.9. The molecule has 358 valence electrons. The zero-order valence-electron chi connectivity index (χ0n) is 38.2. The van der Waals surface area contributed by atoms with Gasteiger partial charge in [-0.25, -0.2) is 0 Å². The van der Waals surface area contributed by atoms with Crippen LogP contribution in [-0.4, -0.2) is 96.0 Å². The van der Waals surface area contributed by atoms with Gasteiger partial charge in [-0.1, -0.05) is 190 Å². The highest BCUT2D eigenvalue weighted by molar-refractivity contribution is 7.85. The van der Waals surface area contributed by atoms with Crippen molar-refractivity contribution in [2.75, 3.05) is 19.0 Å². The molecule has 62 heavy (non-hydrogen) atoms. The standard InChI is InChI=1S/C49H84O12S/c1-3-5-7-9-11-13-15-17-19-20-21-22-24-25-27-29-31-33-35-37-44(50)58-39-42(40-59-49-48(54)47(53)46(52)43(61-49)41-62(55,56)57)60-45(51)38-36-34-32-30-28-26-23-18-16-14-12-10-8-6-4-2/h6,8,12,14,18,23,28,30,34,36,42-43,46-49,52-54H,3-5,7,9-11,13,15-17,19-22,24-27,29,31-33,35,37-41H2,1-2H3,(H,55,56,57)/b8-6-,14-12-,23-18-,30-28-,36-34-. The molecular weight excluding hydrogens is 813 g/mol. The van der Waals surface area contributed by atoms with Crippen molar-refractivity contribution >= 4 is 22.1 Å². The van der Waals surface area contributed by atoms with Gasteiger partial charge in [-0.05, 0) is 38.5 Å². The number of ether oxygens (including phenoxy) is 4. The van der Waals surface area contributed by atoms with Gasteiger partial charge in [0.2, 0.25) is 0 Å². The molecule has 0 amide bonds. The van der Waals surface area contributed by atoms with Crippen LogP contribution in [0, 0.1) is 0 Å². The van der Waals surface area contributed by atoms with Gasteiger partial charge in [0.1, 0.15) is 36.8 Å². The van der Waals surface area contributed by atoms with E-state index in [1.165, 1.54) is 96.3 Å². The number of carbonyl (C=O) groups excluding carboxylic acids is 2. The predicted octanol–water partition coefficient (Wildman–Crippen LogP) is 10.1. The molecule has 0 radical (unpaired) electrons. The van der Waals surface area contributed by atoms with E-state index in [1.807, 2.05) is 18.2 Å². The van der Waals surface area contributed by atoms with Crippen LogP contribution in [0.25, 0.3) is 0 Å². The predicted molar refractivity (Wildman–Crippen MR) is 247 cm³/mol.